The van der Waals surface area contributed by atoms with E-state index in [0.29, 0.717) is 0 Å². The summed E-state index contributed by atoms with van der Waals surface area (Å²) < 4.78 is 79.1. The lowest BCUT2D eigenvalue weighted by atomic mass is 10.4. The molecular formula is C15H16F2N2O4S2. The summed E-state index contributed by atoms with van der Waals surface area (Å²) in [6.07, 6.45) is 0.0986. The molecule has 0 saturated heterocycles. The topological polar surface area (TPSA) is 92.3 Å². The highest BCUT2D eigenvalue weighted by molar-refractivity contribution is 7.89. The first kappa shape index (κ1) is 19.4. The quantitative estimate of drug-likeness (QED) is 0.670. The van der Waals surface area contributed by atoms with Crippen molar-refractivity contribution in [2.45, 2.75) is 16.2 Å². The van der Waals surface area contributed by atoms with Gasteiger partial charge in [0.25, 0.3) is 0 Å². The molecule has 2 aromatic carbocycles. The van der Waals surface area contributed by atoms with Crippen LogP contribution in [0.3, 0.4) is 0 Å². The van der Waals surface area contributed by atoms with Gasteiger partial charge < -0.3 is 0 Å². The summed E-state index contributed by atoms with van der Waals surface area (Å²) in [4.78, 5) is -0.969. The third-order valence-corrected chi connectivity index (χ3v) is 6.18. The molecule has 0 fully saturated rings. The van der Waals surface area contributed by atoms with E-state index >= 15 is 0 Å². The molecule has 0 aliphatic carbocycles. The Labute approximate surface area is 145 Å². The van der Waals surface area contributed by atoms with Gasteiger partial charge in [0.2, 0.25) is 20.0 Å². The molecule has 0 atom stereocenters. The van der Waals surface area contributed by atoms with Crippen molar-refractivity contribution < 1.29 is 25.6 Å². The molecule has 25 heavy (non-hydrogen) atoms. The zero-order valence-corrected chi connectivity index (χ0v) is 14.6. The molecule has 0 unspecified atom stereocenters. The normalized spacial score (nSPS) is 12.2. The maximum absolute atomic E-state index is 13.5. The average Bonchev–Trinajstić information content (AvgIpc) is 2.54. The summed E-state index contributed by atoms with van der Waals surface area (Å²) in [6, 6.07) is 9.81. The number of sulfonamides is 2. The standard InChI is InChI=1S/C15H16F2N2O4S2/c16-12-6-1-3-8-14(12)24(20,21)18-10-5-11-19-25(22,23)15-9-4-2-7-13(15)17/h1-4,6-9,18-19H,5,10-11H2. The fraction of sp³-hybridized carbons (Fsp3) is 0.200. The van der Waals surface area contributed by atoms with Crippen molar-refractivity contribution in [2.75, 3.05) is 13.1 Å². The summed E-state index contributed by atoms with van der Waals surface area (Å²) in [7, 11) is -8.06. The smallest absolute Gasteiger partial charge is 0.211 e. The van der Waals surface area contributed by atoms with Crippen LogP contribution in [-0.4, -0.2) is 29.9 Å². The molecule has 0 amide bonds. The summed E-state index contributed by atoms with van der Waals surface area (Å²) in [5.41, 5.74) is 0. The van der Waals surface area contributed by atoms with Gasteiger partial charge in [-0.1, -0.05) is 24.3 Å². The van der Waals surface area contributed by atoms with Crippen molar-refractivity contribution in [2.24, 2.45) is 0 Å². The van der Waals surface area contributed by atoms with Gasteiger partial charge in [-0.15, -0.1) is 0 Å². The van der Waals surface area contributed by atoms with Crippen LogP contribution in [0.1, 0.15) is 6.42 Å². The fourth-order valence-electron chi connectivity index (χ4n) is 1.98. The highest BCUT2D eigenvalue weighted by Crippen LogP contribution is 2.14. The SMILES string of the molecule is O=S(=O)(NCCCNS(=O)(=O)c1ccccc1F)c1ccccc1F. The van der Waals surface area contributed by atoms with Crippen LogP contribution in [0.5, 0.6) is 0 Å². The van der Waals surface area contributed by atoms with Gasteiger partial charge in [-0.05, 0) is 30.7 Å². The van der Waals surface area contributed by atoms with E-state index in [1.807, 2.05) is 0 Å². The molecule has 136 valence electrons. The predicted octanol–water partition coefficient (Wildman–Crippen LogP) is 1.61. The Hall–Kier alpha value is -1.88. The minimum atomic E-state index is -4.03. The molecule has 0 bridgehead atoms. The first-order valence-electron chi connectivity index (χ1n) is 7.22. The van der Waals surface area contributed by atoms with Crippen LogP contribution in [0.4, 0.5) is 8.78 Å². The summed E-state index contributed by atoms with van der Waals surface area (Å²) in [6.45, 7) is -0.229. The molecule has 10 heteroatoms. The Morgan fingerprint density at radius 1 is 0.680 bits per heavy atom. The van der Waals surface area contributed by atoms with Crippen molar-refractivity contribution in [3.8, 4) is 0 Å². The number of hydrogen-bond donors (Lipinski definition) is 2. The second-order valence-corrected chi connectivity index (χ2v) is 8.48. The maximum atomic E-state index is 13.5. The van der Waals surface area contributed by atoms with E-state index in [2.05, 4.69) is 9.44 Å². The Morgan fingerprint density at radius 3 is 1.40 bits per heavy atom. The highest BCUT2D eigenvalue weighted by atomic mass is 32.2. The maximum Gasteiger partial charge on any atom is 0.243 e. The first-order valence-corrected chi connectivity index (χ1v) is 10.2. The zero-order chi connectivity index (χ0) is 18.5. The third-order valence-electron chi connectivity index (χ3n) is 3.19. The van der Waals surface area contributed by atoms with E-state index in [-0.39, 0.29) is 19.5 Å². The van der Waals surface area contributed by atoms with E-state index < -0.39 is 41.5 Å². The monoisotopic (exact) mass is 390 g/mol. The number of benzene rings is 2. The van der Waals surface area contributed by atoms with Crippen LogP contribution in [0.25, 0.3) is 0 Å². The molecule has 2 N–H and O–H groups in total. The van der Waals surface area contributed by atoms with E-state index in [4.69, 9.17) is 0 Å². The fourth-order valence-corrected chi connectivity index (χ4v) is 4.28. The predicted molar refractivity (Wildman–Crippen MR) is 87.8 cm³/mol. The minimum Gasteiger partial charge on any atom is -0.211 e. The zero-order valence-electron chi connectivity index (χ0n) is 12.9. The van der Waals surface area contributed by atoms with Crippen molar-refractivity contribution in [1.29, 1.82) is 0 Å². The Kier molecular flexibility index (Phi) is 6.22. The number of halogens is 2. The van der Waals surface area contributed by atoms with Gasteiger partial charge in [0.05, 0.1) is 0 Å². The second-order valence-electron chi connectivity index (χ2n) is 5.01. The van der Waals surface area contributed by atoms with E-state index in [0.717, 1.165) is 24.3 Å². The van der Waals surface area contributed by atoms with Gasteiger partial charge >= 0.3 is 0 Å². The molecule has 6 nitrogen and oxygen atoms in total. The number of hydrogen-bond acceptors (Lipinski definition) is 4. The van der Waals surface area contributed by atoms with Gasteiger partial charge in [0.1, 0.15) is 21.4 Å². The first-order chi connectivity index (χ1) is 11.7. The number of rotatable bonds is 8. The lowest BCUT2D eigenvalue weighted by molar-refractivity contribution is 0.551. The van der Waals surface area contributed by atoms with Crippen molar-refractivity contribution >= 4 is 20.0 Å². The van der Waals surface area contributed by atoms with E-state index in [9.17, 15) is 25.6 Å². The van der Waals surface area contributed by atoms with Crippen molar-refractivity contribution in [3.05, 3.63) is 60.2 Å². The van der Waals surface area contributed by atoms with Gasteiger partial charge in [-0.2, -0.15) is 0 Å². The van der Waals surface area contributed by atoms with E-state index in [1.165, 1.54) is 24.3 Å². The van der Waals surface area contributed by atoms with Crippen LogP contribution in [-0.2, 0) is 20.0 Å². The Morgan fingerprint density at radius 2 is 1.04 bits per heavy atom. The van der Waals surface area contributed by atoms with Crippen LogP contribution in [0.15, 0.2) is 58.3 Å². The van der Waals surface area contributed by atoms with Crippen LogP contribution < -0.4 is 9.44 Å². The van der Waals surface area contributed by atoms with Crippen LogP contribution >= 0.6 is 0 Å². The van der Waals surface area contributed by atoms with Gasteiger partial charge in [-0.3, -0.25) is 0 Å². The second kappa shape index (κ2) is 8.00. The molecule has 0 aliphatic rings. The molecule has 0 heterocycles. The summed E-state index contributed by atoms with van der Waals surface area (Å²) in [5.74, 6) is -1.76. The van der Waals surface area contributed by atoms with Gasteiger partial charge in [0, 0.05) is 13.1 Å². The molecule has 0 saturated carbocycles. The van der Waals surface area contributed by atoms with E-state index in [1.54, 1.807) is 0 Å². The molecule has 2 aromatic rings. The highest BCUT2D eigenvalue weighted by Gasteiger charge is 2.19. The Balaban J connectivity index is 1.88. The summed E-state index contributed by atoms with van der Waals surface area (Å²) in [5, 5.41) is 0. The van der Waals surface area contributed by atoms with Gasteiger partial charge in [0.15, 0.2) is 0 Å². The average molecular weight is 390 g/mol. The molecule has 0 aliphatic heterocycles. The molecule has 2 rings (SSSR count). The minimum absolute atomic E-state index is 0.0986. The Bertz CT molecular complexity index is 870. The molecule has 0 spiro atoms. The molecule has 0 radical (unpaired) electrons. The molecule has 0 aromatic heterocycles. The van der Waals surface area contributed by atoms with Crippen molar-refractivity contribution in [3.63, 3.8) is 0 Å². The lowest BCUT2D eigenvalue weighted by Gasteiger charge is -2.09. The van der Waals surface area contributed by atoms with Crippen LogP contribution in [0, 0.1) is 11.6 Å². The lowest BCUT2D eigenvalue weighted by Crippen LogP contribution is -2.30. The largest absolute Gasteiger partial charge is 0.243 e. The summed E-state index contributed by atoms with van der Waals surface area (Å²) >= 11 is 0. The third kappa shape index (κ3) is 5.05. The number of nitrogens with one attached hydrogen (secondary N) is 2. The van der Waals surface area contributed by atoms with Gasteiger partial charge in [-0.25, -0.2) is 35.1 Å². The van der Waals surface area contributed by atoms with Crippen LogP contribution in [0.2, 0.25) is 0 Å². The molecular weight excluding hydrogens is 374 g/mol. The van der Waals surface area contributed by atoms with Crippen molar-refractivity contribution in [1.82, 2.24) is 9.44 Å².